The molecule has 0 radical (unpaired) electrons. The van der Waals surface area contributed by atoms with Crippen LogP contribution in [0, 0.1) is 23.7 Å². The summed E-state index contributed by atoms with van der Waals surface area (Å²) in [5.74, 6) is -5.59. The minimum atomic E-state index is -4.23. The van der Waals surface area contributed by atoms with E-state index in [1.54, 1.807) is 48.5 Å². The van der Waals surface area contributed by atoms with Crippen molar-refractivity contribution in [1.82, 2.24) is 9.80 Å². The second-order valence-electron chi connectivity index (χ2n) is 27.2. The molecular weight excluding hydrogens is 1260 g/mol. The normalized spacial score (nSPS) is 32.9. The fraction of sp³-hybridized carbons (Fsp3) is 0.783. The van der Waals surface area contributed by atoms with Gasteiger partial charge >= 0.3 is 22.3 Å². The number of hydrogen-bond donors (Lipinski definition) is 5. The maximum Gasteiger partial charge on any atom is 0.397 e. The lowest BCUT2D eigenvalue weighted by Crippen LogP contribution is -2.61. The Labute approximate surface area is 565 Å². The van der Waals surface area contributed by atoms with E-state index in [-0.39, 0.29) is 44.4 Å². The van der Waals surface area contributed by atoms with E-state index in [2.05, 4.69) is 71.4 Å². The van der Waals surface area contributed by atoms with Crippen molar-refractivity contribution in [2.75, 3.05) is 59.9 Å². The summed E-state index contributed by atoms with van der Waals surface area (Å²) in [7, 11) is 5.21. The van der Waals surface area contributed by atoms with Gasteiger partial charge in [-0.3, -0.25) is 18.9 Å². The van der Waals surface area contributed by atoms with Crippen LogP contribution >= 0.6 is 23.4 Å². The highest BCUT2D eigenvalue weighted by Crippen LogP contribution is 2.49. The topological polar surface area (TPSA) is 270 Å². The molecule has 93 heavy (non-hydrogen) atoms. The summed E-state index contributed by atoms with van der Waals surface area (Å²) >= 11 is 8.03. The molecule has 0 bridgehead atoms. The van der Waals surface area contributed by atoms with Crippen LogP contribution in [0.1, 0.15) is 186 Å². The number of anilines is 2. The number of carbonyl (C=O) groups excluding carboxylic acids is 3. The summed E-state index contributed by atoms with van der Waals surface area (Å²) in [6, 6.07) is 14.4. The molecule has 4 aliphatic rings. The second-order valence-corrected chi connectivity index (χ2v) is 29.8. The average Bonchev–Trinajstić information content (AvgIpc) is 0.806. The third kappa shape index (κ3) is 24.4. The van der Waals surface area contributed by atoms with Crippen LogP contribution in [0.25, 0.3) is 0 Å². The predicted octanol–water partition coefficient (Wildman–Crippen LogP) is 11.4. The Morgan fingerprint density at radius 2 is 1.40 bits per heavy atom. The number of para-hydroxylation sites is 1. The van der Waals surface area contributed by atoms with Gasteiger partial charge in [0.1, 0.15) is 23.6 Å². The number of halogens is 1. The zero-order chi connectivity index (χ0) is 69.8. The van der Waals surface area contributed by atoms with Crippen LogP contribution in [-0.4, -0.2) is 200 Å². The Kier molecular flexibility index (Phi) is 33.9. The molecule has 18 unspecified atom stereocenters. The van der Waals surface area contributed by atoms with Crippen molar-refractivity contribution in [2.45, 2.75) is 280 Å². The minimum absolute atomic E-state index is 0.0760. The Balaban J connectivity index is 0.000000390. The Hall–Kier alpha value is -3.08. The number of ketones is 1. The van der Waals surface area contributed by atoms with Gasteiger partial charge < -0.3 is 68.3 Å². The standard InChI is InChI=1S/C40H71NO14.C17H19ClN2S.C12H26O4S/c1-15-27-40(11,48)33(44)22(5)30(43)20(3)18-38(9,47)35(55-37-32(53-28(42)16-2)26(41(12)13)17-21(4)50-37)23(6)31(24(7)36(46)52-27)54-29-19-39(10,49-14)34(45)25(8)51-29;1-19(2)10-5-11-20-14-6-3-4-7-16(14)21-17-9-8-13(18)12-15(17)20;1-2-3-4-5-6-7-8-9-10-11-12-16-17(13,14)15/h20-27,29,31-35,37,44-45,47-48H,15-19H2,1-14H3;3-4,6-9,12H,5,10-11H2,1-2H3;2-12H2,1H3,(H,13,14,15). The predicted molar refractivity (Wildman–Crippen MR) is 362 cm³/mol. The molecular formula is C69H116ClN3O18S2. The number of nitrogens with zero attached hydrogens (tertiary/aromatic N) is 3. The fourth-order valence-electron chi connectivity index (χ4n) is 13.1. The van der Waals surface area contributed by atoms with E-state index < -0.39 is 124 Å². The monoisotopic (exact) mass is 1370 g/mol. The zero-order valence-electron chi connectivity index (χ0n) is 58.7. The van der Waals surface area contributed by atoms with Crippen molar-refractivity contribution in [3.05, 3.63) is 47.5 Å². The molecule has 0 spiro atoms. The van der Waals surface area contributed by atoms with E-state index in [4.69, 9.17) is 49.3 Å². The van der Waals surface area contributed by atoms with Crippen molar-refractivity contribution in [1.29, 1.82) is 0 Å². The maximum absolute atomic E-state index is 14.2. The molecule has 18 atom stereocenters. The quantitative estimate of drug-likeness (QED) is 0.0351. The van der Waals surface area contributed by atoms with Gasteiger partial charge in [0.2, 0.25) is 0 Å². The highest BCUT2D eigenvalue weighted by atomic mass is 35.5. The number of esters is 2. The van der Waals surface area contributed by atoms with Gasteiger partial charge in [-0.2, -0.15) is 8.42 Å². The lowest BCUT2D eigenvalue weighted by atomic mass is 9.74. The fourth-order valence-corrected chi connectivity index (χ4v) is 14.7. The lowest BCUT2D eigenvalue weighted by molar-refractivity contribution is -0.319. The Morgan fingerprint density at radius 3 is 1.98 bits per heavy atom. The third-order valence-electron chi connectivity index (χ3n) is 18.7. The molecule has 3 fully saturated rings. The number of aliphatic hydroxyl groups is 4. The number of hydrogen-bond acceptors (Lipinski definition) is 21. The first-order valence-electron chi connectivity index (χ1n) is 33.8. The van der Waals surface area contributed by atoms with E-state index in [9.17, 15) is 43.2 Å². The summed E-state index contributed by atoms with van der Waals surface area (Å²) in [4.78, 5) is 50.1. The number of carbonyl (C=O) groups is 3. The number of fused-ring (bicyclic) bond motifs is 2. The molecule has 24 heteroatoms. The molecule has 0 amide bonds. The van der Waals surface area contributed by atoms with E-state index >= 15 is 0 Å². The number of rotatable bonds is 25. The second kappa shape index (κ2) is 38.3. The number of aliphatic hydroxyl groups excluding tert-OH is 2. The van der Waals surface area contributed by atoms with E-state index in [0.717, 1.165) is 37.4 Å². The van der Waals surface area contributed by atoms with Crippen molar-refractivity contribution in [3.63, 3.8) is 0 Å². The first kappa shape index (κ1) is 82.3. The molecule has 3 saturated heterocycles. The summed E-state index contributed by atoms with van der Waals surface area (Å²) in [6.07, 6.45) is 3.29. The van der Waals surface area contributed by atoms with Gasteiger partial charge in [-0.25, -0.2) is 4.18 Å². The van der Waals surface area contributed by atoms with Crippen LogP contribution in [0.5, 0.6) is 0 Å². The highest BCUT2D eigenvalue weighted by Gasteiger charge is 2.54. The maximum atomic E-state index is 14.2. The number of ether oxygens (including phenoxy) is 7. The number of likely N-dealkylation sites (N-methyl/N-ethyl adjacent to an activating group) is 1. The number of cyclic esters (lactones) is 1. The number of unbranched alkanes of at least 4 members (excludes halogenated alkanes) is 9. The summed E-state index contributed by atoms with van der Waals surface area (Å²) in [5, 5.41) is 47.4. The third-order valence-corrected chi connectivity index (χ3v) is 20.5. The van der Waals surface area contributed by atoms with E-state index in [1.807, 2.05) is 43.7 Å². The lowest BCUT2D eigenvalue weighted by Gasteiger charge is -2.49. The molecule has 4 aliphatic heterocycles. The van der Waals surface area contributed by atoms with E-state index in [0.29, 0.717) is 12.8 Å². The van der Waals surface area contributed by atoms with Gasteiger partial charge in [-0.15, -0.1) is 0 Å². The van der Waals surface area contributed by atoms with Crippen LogP contribution in [-0.2, 0) is 62.1 Å². The Bertz CT molecular complexity index is 2710. The molecule has 0 aliphatic carbocycles. The van der Waals surface area contributed by atoms with Crippen LogP contribution < -0.4 is 4.90 Å². The summed E-state index contributed by atoms with van der Waals surface area (Å²) < 4.78 is 76.6. The van der Waals surface area contributed by atoms with Gasteiger partial charge in [0, 0.05) is 59.1 Å². The number of benzene rings is 2. The van der Waals surface area contributed by atoms with Crippen LogP contribution in [0.2, 0.25) is 5.02 Å². The molecule has 4 heterocycles. The smallest absolute Gasteiger partial charge is 0.397 e. The number of methoxy groups -OCH3 is 1. The largest absolute Gasteiger partial charge is 0.459 e. The van der Waals surface area contributed by atoms with Gasteiger partial charge in [-0.1, -0.05) is 135 Å². The first-order chi connectivity index (χ1) is 43.6. The molecule has 6 rings (SSSR count). The molecule has 534 valence electrons. The van der Waals surface area contributed by atoms with Crippen molar-refractivity contribution in [3.8, 4) is 0 Å². The molecule has 21 nitrogen and oxygen atoms in total. The van der Waals surface area contributed by atoms with Gasteiger partial charge in [0.05, 0.1) is 71.7 Å². The van der Waals surface area contributed by atoms with Crippen LogP contribution in [0.15, 0.2) is 52.3 Å². The summed E-state index contributed by atoms with van der Waals surface area (Å²) in [5.41, 5.74) is -2.41. The van der Waals surface area contributed by atoms with Crippen LogP contribution in [0.4, 0.5) is 11.4 Å². The Morgan fingerprint density at radius 1 is 0.785 bits per heavy atom. The van der Waals surface area contributed by atoms with Gasteiger partial charge in [0.25, 0.3) is 0 Å². The molecule has 0 saturated carbocycles. The van der Waals surface area contributed by atoms with Gasteiger partial charge in [0.15, 0.2) is 18.7 Å². The van der Waals surface area contributed by atoms with Crippen molar-refractivity contribution in [2.24, 2.45) is 23.7 Å². The molecule has 2 aromatic rings. The van der Waals surface area contributed by atoms with Gasteiger partial charge in [-0.05, 0) is 139 Å². The molecule has 2 aromatic carbocycles. The van der Waals surface area contributed by atoms with Crippen LogP contribution in [0.3, 0.4) is 0 Å². The minimum Gasteiger partial charge on any atom is -0.459 e. The van der Waals surface area contributed by atoms with Crippen molar-refractivity contribution < 1.29 is 85.1 Å². The average molecular weight is 1380 g/mol. The highest BCUT2D eigenvalue weighted by molar-refractivity contribution is 7.99. The zero-order valence-corrected chi connectivity index (χ0v) is 61.1. The molecule has 0 aromatic heterocycles. The molecule has 5 N–H and O–H groups in total. The van der Waals surface area contributed by atoms with Crippen molar-refractivity contribution >= 4 is 62.9 Å². The summed E-state index contributed by atoms with van der Waals surface area (Å²) in [6.45, 7) is 22.4. The number of Topliss-reactive ketones (excluding diaryl/α,β-unsaturated/α-hetero) is 1. The first-order valence-corrected chi connectivity index (χ1v) is 36.3. The SMILES string of the molecule is CCC(=O)OC1C(OC2C(C)C(OC3CC(C)(OC)C(O)C(C)O3)C(C)C(=O)OC(CC)C(C)(O)C(O)C(C)C(=O)C(C)CC2(C)O)OC(C)CC1N(C)C.CCCCCCCCCCCCOS(=O)(=O)O.CN(C)CCCN1c2ccccc2Sc2ccc(Cl)cc21. The van der Waals surface area contributed by atoms with E-state index in [1.165, 1.54) is 94.0 Å².